The Labute approximate surface area is 183 Å². The molecule has 1 atom stereocenters. The first kappa shape index (κ1) is 21.2. The molecular formula is C24H30N4O3. The Morgan fingerprint density at radius 1 is 1.03 bits per heavy atom. The van der Waals surface area contributed by atoms with E-state index in [1.807, 2.05) is 56.3 Å². The average molecular weight is 423 g/mol. The summed E-state index contributed by atoms with van der Waals surface area (Å²) in [6.45, 7) is 8.17. The number of fused-ring (bicyclic) bond motifs is 1. The number of para-hydroxylation sites is 4. The Morgan fingerprint density at radius 3 is 2.45 bits per heavy atom. The van der Waals surface area contributed by atoms with Gasteiger partial charge in [0, 0.05) is 38.6 Å². The van der Waals surface area contributed by atoms with Crippen LogP contribution in [0.1, 0.15) is 20.3 Å². The molecule has 0 spiro atoms. The molecule has 164 valence electrons. The topological polar surface area (TPSA) is 65.1 Å². The van der Waals surface area contributed by atoms with Gasteiger partial charge < -0.3 is 19.9 Å². The van der Waals surface area contributed by atoms with Crippen molar-refractivity contribution >= 4 is 28.9 Å². The predicted molar refractivity (Wildman–Crippen MR) is 123 cm³/mol. The van der Waals surface area contributed by atoms with Crippen LogP contribution in [0.25, 0.3) is 0 Å². The number of amides is 2. The van der Waals surface area contributed by atoms with E-state index >= 15 is 0 Å². The van der Waals surface area contributed by atoms with E-state index in [4.69, 9.17) is 4.74 Å². The zero-order chi connectivity index (χ0) is 21.8. The van der Waals surface area contributed by atoms with Crippen molar-refractivity contribution in [2.75, 3.05) is 54.4 Å². The molecule has 2 amide bonds. The minimum absolute atomic E-state index is 0.0274. The quantitative estimate of drug-likeness (QED) is 0.803. The van der Waals surface area contributed by atoms with Gasteiger partial charge in [0.2, 0.25) is 11.8 Å². The van der Waals surface area contributed by atoms with Crippen LogP contribution in [0.2, 0.25) is 0 Å². The minimum atomic E-state index is -0.185. The lowest BCUT2D eigenvalue weighted by Gasteiger charge is -2.37. The van der Waals surface area contributed by atoms with Crippen molar-refractivity contribution in [1.82, 2.24) is 4.90 Å². The number of hydrogen-bond donors (Lipinski definition) is 1. The van der Waals surface area contributed by atoms with E-state index in [-0.39, 0.29) is 17.9 Å². The molecule has 0 radical (unpaired) electrons. The van der Waals surface area contributed by atoms with Gasteiger partial charge >= 0.3 is 0 Å². The molecule has 2 aliphatic rings. The van der Waals surface area contributed by atoms with E-state index in [0.717, 1.165) is 43.3 Å². The first-order chi connectivity index (χ1) is 15.1. The van der Waals surface area contributed by atoms with Crippen LogP contribution >= 0.6 is 0 Å². The van der Waals surface area contributed by atoms with Crippen molar-refractivity contribution in [2.24, 2.45) is 0 Å². The van der Waals surface area contributed by atoms with Crippen molar-refractivity contribution in [3.8, 4) is 5.75 Å². The van der Waals surface area contributed by atoms with Crippen molar-refractivity contribution in [3.63, 3.8) is 0 Å². The maximum atomic E-state index is 13.3. The van der Waals surface area contributed by atoms with E-state index in [2.05, 4.69) is 21.2 Å². The van der Waals surface area contributed by atoms with Gasteiger partial charge in [-0.25, -0.2) is 0 Å². The SMILES string of the molecule is CCOc1ccccc1N1CCN(CC(=O)N2c3ccccc3NC(=O)CC2C)CC1. The number of anilines is 3. The average Bonchev–Trinajstić information content (AvgIpc) is 2.89. The van der Waals surface area contributed by atoms with Gasteiger partial charge in [0.1, 0.15) is 5.75 Å². The second-order valence-corrected chi connectivity index (χ2v) is 8.05. The second kappa shape index (κ2) is 9.39. The summed E-state index contributed by atoms with van der Waals surface area (Å²) in [5, 5.41) is 2.92. The molecule has 31 heavy (non-hydrogen) atoms. The van der Waals surface area contributed by atoms with Crippen LogP contribution in [0.5, 0.6) is 5.75 Å². The number of rotatable bonds is 5. The van der Waals surface area contributed by atoms with Crippen LogP contribution in [-0.2, 0) is 9.59 Å². The minimum Gasteiger partial charge on any atom is -0.492 e. The summed E-state index contributed by atoms with van der Waals surface area (Å²) >= 11 is 0. The number of nitrogens with one attached hydrogen (secondary N) is 1. The number of piperazine rings is 1. The van der Waals surface area contributed by atoms with Gasteiger partial charge in [0.15, 0.2) is 0 Å². The molecule has 7 nitrogen and oxygen atoms in total. The third-order valence-corrected chi connectivity index (χ3v) is 5.86. The third-order valence-electron chi connectivity index (χ3n) is 5.86. The molecule has 2 aromatic rings. The molecule has 2 heterocycles. The van der Waals surface area contributed by atoms with Gasteiger partial charge in [0.05, 0.1) is 30.2 Å². The fourth-order valence-corrected chi connectivity index (χ4v) is 4.38. The summed E-state index contributed by atoms with van der Waals surface area (Å²) in [6, 6.07) is 15.4. The Balaban J connectivity index is 1.42. The highest BCUT2D eigenvalue weighted by atomic mass is 16.5. The van der Waals surface area contributed by atoms with E-state index in [0.29, 0.717) is 25.3 Å². The largest absolute Gasteiger partial charge is 0.492 e. The molecule has 4 rings (SSSR count). The molecule has 0 saturated carbocycles. The Bertz CT molecular complexity index is 940. The molecule has 1 N–H and O–H groups in total. The zero-order valence-corrected chi connectivity index (χ0v) is 18.2. The van der Waals surface area contributed by atoms with Gasteiger partial charge in [-0.05, 0) is 38.1 Å². The van der Waals surface area contributed by atoms with Crippen LogP contribution in [0.15, 0.2) is 48.5 Å². The first-order valence-corrected chi connectivity index (χ1v) is 11.0. The lowest BCUT2D eigenvalue weighted by molar-refractivity contribution is -0.120. The number of carbonyl (C=O) groups excluding carboxylic acids is 2. The summed E-state index contributed by atoms with van der Waals surface area (Å²) in [6.07, 6.45) is 0.294. The van der Waals surface area contributed by atoms with Crippen LogP contribution in [0.4, 0.5) is 17.1 Å². The lowest BCUT2D eigenvalue weighted by atomic mass is 10.1. The molecular weight excluding hydrogens is 392 g/mol. The fraction of sp³-hybridized carbons (Fsp3) is 0.417. The molecule has 0 aromatic heterocycles. The summed E-state index contributed by atoms with van der Waals surface area (Å²) in [5.41, 5.74) is 2.58. The summed E-state index contributed by atoms with van der Waals surface area (Å²) in [5.74, 6) is 0.873. The number of nitrogens with zero attached hydrogens (tertiary/aromatic N) is 3. The van der Waals surface area contributed by atoms with Crippen molar-refractivity contribution in [1.29, 1.82) is 0 Å². The lowest BCUT2D eigenvalue weighted by Crippen LogP contribution is -2.51. The van der Waals surface area contributed by atoms with Crippen LogP contribution in [0, 0.1) is 0 Å². The predicted octanol–water partition coefficient (Wildman–Crippen LogP) is 2.97. The van der Waals surface area contributed by atoms with Crippen molar-refractivity contribution in [3.05, 3.63) is 48.5 Å². The molecule has 1 unspecified atom stereocenters. The summed E-state index contributed by atoms with van der Waals surface area (Å²) < 4.78 is 5.78. The van der Waals surface area contributed by atoms with E-state index in [1.54, 1.807) is 4.90 Å². The van der Waals surface area contributed by atoms with Crippen molar-refractivity contribution in [2.45, 2.75) is 26.3 Å². The van der Waals surface area contributed by atoms with Gasteiger partial charge in [0.25, 0.3) is 0 Å². The Hall–Kier alpha value is -3.06. The normalized spacial score (nSPS) is 19.4. The third kappa shape index (κ3) is 4.66. The highest BCUT2D eigenvalue weighted by Crippen LogP contribution is 2.32. The number of hydrogen-bond acceptors (Lipinski definition) is 5. The van der Waals surface area contributed by atoms with Gasteiger partial charge in [-0.2, -0.15) is 0 Å². The molecule has 0 aliphatic carbocycles. The molecule has 1 fully saturated rings. The smallest absolute Gasteiger partial charge is 0.241 e. The zero-order valence-electron chi connectivity index (χ0n) is 18.2. The molecule has 7 heteroatoms. The van der Waals surface area contributed by atoms with Crippen LogP contribution in [0.3, 0.4) is 0 Å². The maximum Gasteiger partial charge on any atom is 0.241 e. The summed E-state index contributed by atoms with van der Waals surface area (Å²) in [4.78, 5) is 31.8. The first-order valence-electron chi connectivity index (χ1n) is 11.0. The Morgan fingerprint density at radius 2 is 1.71 bits per heavy atom. The van der Waals surface area contributed by atoms with E-state index in [1.165, 1.54) is 0 Å². The van der Waals surface area contributed by atoms with E-state index in [9.17, 15) is 9.59 Å². The number of carbonyl (C=O) groups is 2. The van der Waals surface area contributed by atoms with Crippen LogP contribution < -0.4 is 19.9 Å². The number of ether oxygens (including phenoxy) is 1. The van der Waals surface area contributed by atoms with Gasteiger partial charge in [-0.15, -0.1) is 0 Å². The Kier molecular flexibility index (Phi) is 6.42. The molecule has 0 bridgehead atoms. The highest BCUT2D eigenvalue weighted by Gasteiger charge is 2.31. The van der Waals surface area contributed by atoms with Crippen LogP contribution in [-0.4, -0.2) is 62.1 Å². The fourth-order valence-electron chi connectivity index (χ4n) is 4.38. The highest BCUT2D eigenvalue weighted by molar-refractivity contribution is 6.04. The molecule has 1 saturated heterocycles. The van der Waals surface area contributed by atoms with Gasteiger partial charge in [-0.3, -0.25) is 14.5 Å². The standard InChI is InChI=1S/C24H30N4O3/c1-3-31-22-11-7-6-10-21(22)27-14-12-26(13-15-27)17-24(30)28-18(2)16-23(29)25-19-8-4-5-9-20(19)28/h4-11,18H,3,12-17H2,1-2H3,(H,25,29). The second-order valence-electron chi connectivity index (χ2n) is 8.05. The van der Waals surface area contributed by atoms with Crippen molar-refractivity contribution < 1.29 is 14.3 Å². The summed E-state index contributed by atoms with van der Waals surface area (Å²) in [7, 11) is 0. The van der Waals surface area contributed by atoms with Gasteiger partial charge in [-0.1, -0.05) is 24.3 Å². The van der Waals surface area contributed by atoms with E-state index < -0.39 is 0 Å². The molecule has 2 aliphatic heterocycles. The molecule has 2 aromatic carbocycles. The monoisotopic (exact) mass is 422 g/mol. The maximum absolute atomic E-state index is 13.3. The number of benzene rings is 2.